The van der Waals surface area contributed by atoms with Crippen molar-refractivity contribution in [3.8, 4) is 0 Å². The van der Waals surface area contributed by atoms with Gasteiger partial charge in [-0.25, -0.2) is 4.98 Å². The largest absolute Gasteiger partial charge is 0.398 e. The van der Waals surface area contributed by atoms with E-state index in [2.05, 4.69) is 26.7 Å². The summed E-state index contributed by atoms with van der Waals surface area (Å²) in [7, 11) is 1.94. The van der Waals surface area contributed by atoms with E-state index in [0.29, 0.717) is 30.4 Å². The van der Waals surface area contributed by atoms with Gasteiger partial charge in [-0.2, -0.15) is 9.97 Å². The van der Waals surface area contributed by atoms with E-state index in [4.69, 9.17) is 16.5 Å². The monoisotopic (exact) mass is 380 g/mol. The first-order valence-corrected chi connectivity index (χ1v) is 9.79. The zero-order valence-electron chi connectivity index (χ0n) is 16.4. The molecule has 2 aromatic heterocycles. The van der Waals surface area contributed by atoms with E-state index < -0.39 is 0 Å². The quantitative estimate of drug-likeness (QED) is 0.502. The molecule has 1 aromatic carbocycles. The second kappa shape index (κ2) is 7.63. The molecule has 0 amide bonds. The number of hydrogen-bond acceptors (Lipinski definition) is 7. The predicted octanol–water partition coefficient (Wildman–Crippen LogP) is 2.55. The molecule has 0 bridgehead atoms. The molecular weight excluding hydrogens is 352 g/mol. The molecule has 0 atom stereocenters. The first-order chi connectivity index (χ1) is 13.5. The lowest BCUT2D eigenvalue weighted by molar-refractivity contribution is 0.410. The van der Waals surface area contributed by atoms with Gasteiger partial charge in [0.05, 0.1) is 6.33 Å². The minimum atomic E-state index is 0.315. The molecule has 8 heteroatoms. The predicted molar refractivity (Wildman–Crippen MR) is 113 cm³/mol. The summed E-state index contributed by atoms with van der Waals surface area (Å²) in [4.78, 5) is 13.8. The van der Waals surface area contributed by atoms with E-state index in [-0.39, 0.29) is 0 Å². The summed E-state index contributed by atoms with van der Waals surface area (Å²) in [5, 5.41) is 6.88. The van der Waals surface area contributed by atoms with Crippen LogP contribution in [0.3, 0.4) is 0 Å². The molecule has 1 saturated carbocycles. The lowest BCUT2D eigenvalue weighted by Crippen LogP contribution is -2.33. The van der Waals surface area contributed by atoms with E-state index >= 15 is 0 Å². The molecule has 1 fully saturated rings. The number of nitrogen functional groups attached to an aromatic ring is 1. The van der Waals surface area contributed by atoms with Crippen LogP contribution in [0.1, 0.15) is 36.8 Å². The lowest BCUT2D eigenvalue weighted by Gasteiger charge is -2.26. The molecule has 0 aliphatic heterocycles. The highest BCUT2D eigenvalue weighted by molar-refractivity contribution is 5.84. The Morgan fingerprint density at radius 3 is 2.71 bits per heavy atom. The van der Waals surface area contributed by atoms with Crippen molar-refractivity contribution in [1.82, 2.24) is 19.5 Å². The number of anilines is 3. The summed E-state index contributed by atoms with van der Waals surface area (Å²) in [5.74, 6) is 1.33. The Bertz CT molecular complexity index is 972. The van der Waals surface area contributed by atoms with E-state index in [1.54, 1.807) is 6.33 Å². The number of aryl methyl sites for hydroxylation is 2. The molecule has 8 nitrogen and oxygen atoms in total. The van der Waals surface area contributed by atoms with Crippen LogP contribution in [0.2, 0.25) is 0 Å². The molecule has 2 heterocycles. The Balaban J connectivity index is 1.57. The molecule has 0 unspecified atom stereocenters. The smallest absolute Gasteiger partial charge is 0.227 e. The highest BCUT2D eigenvalue weighted by atomic mass is 15.2. The fraction of sp³-hybridized carbons (Fsp3) is 0.450. The first kappa shape index (κ1) is 18.5. The summed E-state index contributed by atoms with van der Waals surface area (Å²) < 4.78 is 1.91. The van der Waals surface area contributed by atoms with Crippen LogP contribution in [0.4, 0.5) is 17.5 Å². The summed E-state index contributed by atoms with van der Waals surface area (Å²) in [6.07, 6.45) is 5.90. The van der Waals surface area contributed by atoms with Gasteiger partial charge < -0.3 is 26.7 Å². The van der Waals surface area contributed by atoms with Crippen LogP contribution in [0.25, 0.3) is 11.2 Å². The number of fused-ring (bicyclic) bond motifs is 1. The molecule has 1 aliphatic rings. The Hall–Kier alpha value is -2.87. The second-order valence-corrected chi connectivity index (χ2v) is 7.74. The molecule has 3 aromatic rings. The van der Waals surface area contributed by atoms with Gasteiger partial charge in [0.25, 0.3) is 0 Å². The fourth-order valence-corrected chi connectivity index (χ4v) is 3.70. The van der Waals surface area contributed by atoms with E-state index in [0.717, 1.165) is 53.7 Å². The van der Waals surface area contributed by atoms with Crippen molar-refractivity contribution >= 4 is 28.6 Å². The number of nitrogens with one attached hydrogen (secondary N) is 2. The number of imidazole rings is 1. The van der Waals surface area contributed by atoms with Crippen LogP contribution in [0.5, 0.6) is 0 Å². The van der Waals surface area contributed by atoms with E-state index in [9.17, 15) is 0 Å². The Labute approximate surface area is 164 Å². The van der Waals surface area contributed by atoms with Gasteiger partial charge in [0, 0.05) is 31.4 Å². The molecule has 148 valence electrons. The van der Waals surface area contributed by atoms with Crippen LogP contribution in [0, 0.1) is 6.92 Å². The number of hydrogen-bond donors (Lipinski definition) is 4. The van der Waals surface area contributed by atoms with Crippen molar-refractivity contribution in [1.29, 1.82) is 0 Å². The normalized spacial score (nSPS) is 19.7. The van der Waals surface area contributed by atoms with Gasteiger partial charge >= 0.3 is 0 Å². The number of rotatable bonds is 5. The van der Waals surface area contributed by atoms with E-state index in [1.807, 2.05) is 30.7 Å². The molecule has 6 N–H and O–H groups in total. The van der Waals surface area contributed by atoms with Crippen molar-refractivity contribution in [2.24, 2.45) is 12.8 Å². The Morgan fingerprint density at radius 2 is 1.96 bits per heavy atom. The van der Waals surface area contributed by atoms with Crippen molar-refractivity contribution in [3.05, 3.63) is 35.7 Å². The lowest BCUT2D eigenvalue weighted by atomic mass is 9.92. The zero-order valence-corrected chi connectivity index (χ0v) is 16.4. The highest BCUT2D eigenvalue weighted by Gasteiger charge is 2.20. The number of aromatic nitrogens is 4. The third-order valence-electron chi connectivity index (χ3n) is 5.41. The Kier molecular flexibility index (Phi) is 5.04. The van der Waals surface area contributed by atoms with Gasteiger partial charge in [0.1, 0.15) is 0 Å². The fourth-order valence-electron chi connectivity index (χ4n) is 3.70. The second-order valence-electron chi connectivity index (χ2n) is 7.74. The van der Waals surface area contributed by atoms with Crippen molar-refractivity contribution in [3.63, 3.8) is 0 Å². The van der Waals surface area contributed by atoms with Crippen LogP contribution in [0.15, 0.2) is 24.5 Å². The van der Waals surface area contributed by atoms with E-state index in [1.165, 1.54) is 0 Å². The SMILES string of the molecule is Cc1ccc(CNc2nc(NC3CCC(N)CC3)nc3c2ncn3C)c(N)c1. The molecule has 4 rings (SSSR count). The summed E-state index contributed by atoms with van der Waals surface area (Å²) in [6, 6.07) is 6.75. The summed E-state index contributed by atoms with van der Waals surface area (Å²) in [5.41, 5.74) is 16.7. The number of nitrogens with zero attached hydrogens (tertiary/aromatic N) is 4. The maximum Gasteiger partial charge on any atom is 0.227 e. The summed E-state index contributed by atoms with van der Waals surface area (Å²) >= 11 is 0. The van der Waals surface area contributed by atoms with Gasteiger partial charge in [-0.3, -0.25) is 0 Å². The highest BCUT2D eigenvalue weighted by Crippen LogP contribution is 2.25. The Morgan fingerprint density at radius 1 is 1.18 bits per heavy atom. The minimum absolute atomic E-state index is 0.315. The molecular formula is C20H28N8. The maximum absolute atomic E-state index is 6.15. The van der Waals surface area contributed by atoms with Gasteiger partial charge in [0.15, 0.2) is 17.0 Å². The van der Waals surface area contributed by atoms with Crippen LogP contribution >= 0.6 is 0 Å². The van der Waals surface area contributed by atoms with Crippen LogP contribution < -0.4 is 22.1 Å². The zero-order chi connectivity index (χ0) is 19.7. The summed E-state index contributed by atoms with van der Waals surface area (Å²) in [6.45, 7) is 2.61. The molecule has 0 saturated heterocycles. The maximum atomic E-state index is 6.15. The van der Waals surface area contributed by atoms with Crippen LogP contribution in [-0.2, 0) is 13.6 Å². The van der Waals surface area contributed by atoms with Crippen molar-refractivity contribution in [2.75, 3.05) is 16.4 Å². The van der Waals surface area contributed by atoms with Crippen molar-refractivity contribution < 1.29 is 0 Å². The standard InChI is InChI=1S/C20H28N8/c1-12-3-4-13(16(22)9-12)10-23-18-17-19(28(2)11-24-17)27-20(26-18)25-15-7-5-14(21)6-8-15/h3-4,9,11,14-15H,5-8,10,21-22H2,1-2H3,(H2,23,25,26,27). The topological polar surface area (TPSA) is 120 Å². The average Bonchev–Trinajstić information content (AvgIpc) is 3.04. The molecule has 28 heavy (non-hydrogen) atoms. The third-order valence-corrected chi connectivity index (χ3v) is 5.41. The van der Waals surface area contributed by atoms with Gasteiger partial charge in [-0.05, 0) is 49.8 Å². The molecule has 1 aliphatic carbocycles. The molecule has 0 radical (unpaired) electrons. The number of nitrogens with two attached hydrogens (primary N) is 2. The van der Waals surface area contributed by atoms with Crippen molar-refractivity contribution in [2.45, 2.75) is 51.2 Å². The third kappa shape index (κ3) is 3.87. The number of benzene rings is 1. The first-order valence-electron chi connectivity index (χ1n) is 9.79. The molecule has 0 spiro atoms. The minimum Gasteiger partial charge on any atom is -0.398 e. The van der Waals surface area contributed by atoms with Gasteiger partial charge in [-0.15, -0.1) is 0 Å². The van der Waals surface area contributed by atoms with Gasteiger partial charge in [-0.1, -0.05) is 12.1 Å². The van der Waals surface area contributed by atoms with Crippen LogP contribution in [-0.4, -0.2) is 31.6 Å². The van der Waals surface area contributed by atoms with Gasteiger partial charge in [0.2, 0.25) is 5.95 Å². The average molecular weight is 381 g/mol.